The second-order valence-electron chi connectivity index (χ2n) is 9.02. The second kappa shape index (κ2) is 10.1. The monoisotopic (exact) mass is 560 g/mol. The van der Waals surface area contributed by atoms with E-state index in [4.69, 9.17) is 21.7 Å². The van der Waals surface area contributed by atoms with E-state index in [-0.39, 0.29) is 41.0 Å². The summed E-state index contributed by atoms with van der Waals surface area (Å²) >= 11 is 8.07. The van der Waals surface area contributed by atoms with Crippen LogP contribution in [-0.4, -0.2) is 65.7 Å². The van der Waals surface area contributed by atoms with E-state index in [0.29, 0.717) is 25.9 Å². The van der Waals surface area contributed by atoms with Gasteiger partial charge in [-0.15, -0.1) is 0 Å². The van der Waals surface area contributed by atoms with Crippen LogP contribution in [0.2, 0.25) is 0 Å². The Labute approximate surface area is 227 Å². The van der Waals surface area contributed by atoms with Crippen molar-refractivity contribution < 1.29 is 33.4 Å². The SMILES string of the molecule is COC(=O)C1=C(C(=O)OC)SC(=C2C(=S)C(C)(C)N(C(=O)CN3C(=O)CCC3=O)c3ccc(C)cc32)S1. The van der Waals surface area contributed by atoms with Crippen molar-refractivity contribution >= 4 is 81.5 Å². The Kier molecular flexibility index (Phi) is 7.37. The van der Waals surface area contributed by atoms with Gasteiger partial charge >= 0.3 is 11.9 Å². The van der Waals surface area contributed by atoms with E-state index in [0.717, 1.165) is 34.0 Å². The maximum absolute atomic E-state index is 13.6. The molecule has 1 aromatic rings. The third-order valence-corrected chi connectivity index (χ3v) is 9.50. The van der Waals surface area contributed by atoms with Crippen LogP contribution in [0.4, 0.5) is 5.69 Å². The highest BCUT2D eigenvalue weighted by Gasteiger charge is 2.47. The Balaban J connectivity index is 1.84. The van der Waals surface area contributed by atoms with Gasteiger partial charge in [0.05, 0.1) is 34.5 Å². The summed E-state index contributed by atoms with van der Waals surface area (Å²) < 4.78 is 10.3. The summed E-state index contributed by atoms with van der Waals surface area (Å²) in [7, 11) is 2.46. The summed E-state index contributed by atoms with van der Waals surface area (Å²) in [6.07, 6.45) is 0.179. The summed E-state index contributed by atoms with van der Waals surface area (Å²) in [6.45, 7) is 5.08. The van der Waals surface area contributed by atoms with E-state index in [9.17, 15) is 24.0 Å². The van der Waals surface area contributed by atoms with Crippen LogP contribution in [-0.2, 0) is 33.4 Å². The number of ether oxygens (including phenoxy) is 2. The molecule has 1 saturated heterocycles. The molecule has 3 amide bonds. The standard InChI is InChI=1S/C25H24N2O7S3/c1-12-6-7-14-13(10-12)18(24-36-19(22(31)33-4)20(37-24)23(32)34-5)21(35)25(2,3)27(14)17(30)11-26-15(28)8-9-16(26)29/h6-7,10H,8-9,11H2,1-5H3. The zero-order valence-corrected chi connectivity index (χ0v) is 23.3. The molecule has 3 aliphatic rings. The quantitative estimate of drug-likeness (QED) is 0.235. The summed E-state index contributed by atoms with van der Waals surface area (Å²) in [5.74, 6) is -2.54. The van der Waals surface area contributed by atoms with Gasteiger partial charge in [-0.05, 0) is 32.9 Å². The van der Waals surface area contributed by atoms with Crippen LogP contribution in [0, 0.1) is 6.92 Å². The molecule has 4 rings (SSSR count). The molecule has 37 heavy (non-hydrogen) atoms. The third kappa shape index (κ3) is 4.62. The van der Waals surface area contributed by atoms with E-state index >= 15 is 0 Å². The summed E-state index contributed by atoms with van der Waals surface area (Å²) in [5.41, 5.74) is 1.67. The maximum Gasteiger partial charge on any atom is 0.346 e. The van der Waals surface area contributed by atoms with Crippen LogP contribution in [0.25, 0.3) is 5.57 Å². The number of aryl methyl sites for hydroxylation is 1. The number of methoxy groups -OCH3 is 2. The number of nitrogens with zero attached hydrogens (tertiary/aromatic N) is 2. The van der Waals surface area contributed by atoms with Gasteiger partial charge in [-0.1, -0.05) is 47.4 Å². The van der Waals surface area contributed by atoms with Crippen molar-refractivity contribution in [3.63, 3.8) is 0 Å². The van der Waals surface area contributed by atoms with Crippen molar-refractivity contribution in [3.8, 4) is 0 Å². The van der Waals surface area contributed by atoms with E-state index in [2.05, 4.69) is 0 Å². The first-order valence-corrected chi connectivity index (χ1v) is 13.3. The van der Waals surface area contributed by atoms with Crippen molar-refractivity contribution in [1.82, 2.24) is 4.90 Å². The third-order valence-electron chi connectivity index (χ3n) is 6.24. The molecule has 194 valence electrons. The predicted octanol–water partition coefficient (Wildman–Crippen LogP) is 3.35. The van der Waals surface area contributed by atoms with Crippen LogP contribution in [0.3, 0.4) is 0 Å². The van der Waals surface area contributed by atoms with Crippen molar-refractivity contribution in [3.05, 3.63) is 43.4 Å². The number of imide groups is 1. The summed E-state index contributed by atoms with van der Waals surface area (Å²) in [5, 5.41) is 0. The van der Waals surface area contributed by atoms with Crippen LogP contribution in [0.5, 0.6) is 0 Å². The molecule has 12 heteroatoms. The number of carbonyl (C=O) groups excluding carboxylic acids is 5. The largest absolute Gasteiger partial charge is 0.465 e. The van der Waals surface area contributed by atoms with Crippen molar-refractivity contribution in [2.24, 2.45) is 0 Å². The van der Waals surface area contributed by atoms with Gasteiger partial charge in [0.2, 0.25) is 17.7 Å². The number of likely N-dealkylation sites (tertiary alicyclic amines) is 1. The minimum Gasteiger partial charge on any atom is -0.465 e. The number of hydrogen-bond acceptors (Lipinski definition) is 10. The minimum atomic E-state index is -1.04. The van der Waals surface area contributed by atoms with E-state index in [1.165, 1.54) is 19.1 Å². The molecule has 0 unspecified atom stereocenters. The van der Waals surface area contributed by atoms with Gasteiger partial charge in [0.25, 0.3) is 0 Å². The molecular formula is C25H24N2O7S3. The zero-order chi connectivity index (χ0) is 27.2. The van der Waals surface area contributed by atoms with Crippen LogP contribution in [0.15, 0.2) is 32.2 Å². The highest BCUT2D eigenvalue weighted by Crippen LogP contribution is 2.56. The fraction of sp³-hybridized carbons (Fsp3) is 0.360. The molecule has 1 fully saturated rings. The number of thiocarbonyl (C=S) groups is 1. The molecule has 0 radical (unpaired) electrons. The molecule has 0 atom stereocenters. The van der Waals surface area contributed by atoms with Gasteiger partial charge in [-0.3, -0.25) is 24.2 Å². The average molecular weight is 561 g/mol. The Hall–Kier alpha value is -2.96. The average Bonchev–Trinajstić information content (AvgIpc) is 3.43. The lowest BCUT2D eigenvalue weighted by Crippen LogP contribution is -2.58. The first kappa shape index (κ1) is 27.1. The molecule has 0 N–H and O–H groups in total. The molecule has 0 saturated carbocycles. The Morgan fingerprint density at radius 3 is 2.05 bits per heavy atom. The number of carbonyl (C=O) groups is 5. The van der Waals surface area contributed by atoms with Gasteiger partial charge in [0, 0.05) is 24.0 Å². The Morgan fingerprint density at radius 1 is 1.00 bits per heavy atom. The topological polar surface area (TPSA) is 110 Å². The van der Waals surface area contributed by atoms with E-state index in [1.54, 1.807) is 19.9 Å². The molecule has 0 aromatic heterocycles. The van der Waals surface area contributed by atoms with Gasteiger partial charge in [-0.25, -0.2) is 9.59 Å². The number of rotatable bonds is 4. The van der Waals surface area contributed by atoms with Gasteiger partial charge in [-0.2, -0.15) is 0 Å². The molecule has 1 aromatic carbocycles. The number of benzene rings is 1. The Bertz CT molecular complexity index is 1300. The number of hydrogen-bond donors (Lipinski definition) is 0. The molecular weight excluding hydrogens is 536 g/mol. The van der Waals surface area contributed by atoms with Gasteiger partial charge in [0.1, 0.15) is 16.4 Å². The molecule has 3 aliphatic heterocycles. The molecule has 0 aliphatic carbocycles. The van der Waals surface area contributed by atoms with Crippen LogP contribution < -0.4 is 4.90 Å². The number of anilines is 1. The molecule has 3 heterocycles. The normalized spacial score (nSPS) is 19.0. The molecule has 9 nitrogen and oxygen atoms in total. The fourth-order valence-corrected chi connectivity index (χ4v) is 7.42. The van der Waals surface area contributed by atoms with Crippen molar-refractivity contribution in [2.75, 3.05) is 25.7 Å². The summed E-state index contributed by atoms with van der Waals surface area (Å²) in [6, 6.07) is 5.52. The highest BCUT2D eigenvalue weighted by atomic mass is 32.2. The maximum atomic E-state index is 13.6. The van der Waals surface area contributed by atoms with E-state index < -0.39 is 23.4 Å². The number of amides is 3. The van der Waals surface area contributed by atoms with Crippen molar-refractivity contribution in [1.29, 1.82) is 0 Å². The zero-order valence-electron chi connectivity index (χ0n) is 20.8. The lowest BCUT2D eigenvalue weighted by molar-refractivity contribution is -0.142. The van der Waals surface area contributed by atoms with Gasteiger partial charge < -0.3 is 9.47 Å². The van der Waals surface area contributed by atoms with Crippen LogP contribution in [0.1, 0.15) is 37.8 Å². The number of esters is 2. The Morgan fingerprint density at radius 2 is 1.54 bits per heavy atom. The second-order valence-corrected chi connectivity index (χ2v) is 11.7. The van der Waals surface area contributed by atoms with E-state index in [1.807, 2.05) is 19.1 Å². The van der Waals surface area contributed by atoms with Crippen LogP contribution >= 0.6 is 35.7 Å². The minimum absolute atomic E-state index is 0.0897. The molecule has 0 spiro atoms. The number of thioether (sulfide) groups is 2. The first-order valence-electron chi connectivity index (χ1n) is 11.2. The lowest BCUT2D eigenvalue weighted by atomic mass is 9.82. The fourth-order valence-electron chi connectivity index (χ4n) is 4.39. The summed E-state index contributed by atoms with van der Waals surface area (Å²) in [4.78, 5) is 66.0. The van der Waals surface area contributed by atoms with Crippen molar-refractivity contribution in [2.45, 2.75) is 39.2 Å². The lowest BCUT2D eigenvalue weighted by Gasteiger charge is -2.45. The molecule has 0 bridgehead atoms. The smallest absolute Gasteiger partial charge is 0.346 e. The number of fused-ring (bicyclic) bond motifs is 1. The highest BCUT2D eigenvalue weighted by molar-refractivity contribution is 8.29. The predicted molar refractivity (Wildman–Crippen MR) is 144 cm³/mol. The first-order chi connectivity index (χ1) is 17.4. The van der Waals surface area contributed by atoms with Gasteiger partial charge in [0.15, 0.2) is 0 Å².